The number of carbonyl (C=O) groups is 1. The van der Waals surface area contributed by atoms with Gasteiger partial charge in [-0.15, -0.1) is 6.58 Å². The lowest BCUT2D eigenvalue weighted by molar-refractivity contribution is 0.0726. The van der Waals surface area contributed by atoms with Crippen molar-refractivity contribution in [1.82, 2.24) is 9.80 Å². The third kappa shape index (κ3) is 4.90. The molecular weight excluding hydrogens is 352 g/mol. The van der Waals surface area contributed by atoms with Crippen LogP contribution >= 0.6 is 11.6 Å². The Kier molecular flexibility index (Phi) is 6.36. The molecule has 1 aliphatic heterocycles. The van der Waals surface area contributed by atoms with E-state index in [1.165, 1.54) is 0 Å². The molecule has 1 aromatic heterocycles. The maximum Gasteiger partial charge on any atom is 0.289 e. The minimum absolute atomic E-state index is 0.0665. The van der Waals surface area contributed by atoms with E-state index in [4.69, 9.17) is 20.8 Å². The quantitative estimate of drug-likeness (QED) is 0.720. The molecule has 26 heavy (non-hydrogen) atoms. The molecule has 1 amide bonds. The van der Waals surface area contributed by atoms with Crippen LogP contribution in [0.1, 0.15) is 22.7 Å². The summed E-state index contributed by atoms with van der Waals surface area (Å²) in [6.45, 7) is 8.17. The van der Waals surface area contributed by atoms with E-state index in [-0.39, 0.29) is 12.5 Å². The lowest BCUT2D eigenvalue weighted by Crippen LogP contribution is -2.35. The summed E-state index contributed by atoms with van der Waals surface area (Å²) in [6, 6.07) is 10.6. The van der Waals surface area contributed by atoms with E-state index in [0.29, 0.717) is 28.8 Å². The molecule has 1 aliphatic rings. The van der Waals surface area contributed by atoms with E-state index in [9.17, 15) is 4.79 Å². The molecule has 0 unspecified atom stereocenters. The van der Waals surface area contributed by atoms with Crippen molar-refractivity contribution in [3.63, 3.8) is 0 Å². The maximum atomic E-state index is 12.7. The standard InChI is InChI=1S/C20H23ClN2O3/c1-2-10-22-11-3-12-23(14-13-22)20(24)19-9-8-18(26-19)15-25-17-6-4-16(21)5-7-17/h2,4-9H,1,3,10-15H2. The van der Waals surface area contributed by atoms with E-state index < -0.39 is 0 Å². The Morgan fingerprint density at radius 1 is 1.15 bits per heavy atom. The second-order valence-corrected chi connectivity index (χ2v) is 6.68. The van der Waals surface area contributed by atoms with Crippen LogP contribution in [0.4, 0.5) is 0 Å². The van der Waals surface area contributed by atoms with Gasteiger partial charge in [0.2, 0.25) is 0 Å². The topological polar surface area (TPSA) is 45.9 Å². The van der Waals surface area contributed by atoms with Gasteiger partial charge in [0.15, 0.2) is 5.76 Å². The Bertz CT molecular complexity index is 742. The molecule has 5 nitrogen and oxygen atoms in total. The van der Waals surface area contributed by atoms with Gasteiger partial charge in [-0.2, -0.15) is 0 Å². The number of benzene rings is 1. The van der Waals surface area contributed by atoms with Crippen molar-refractivity contribution in [2.45, 2.75) is 13.0 Å². The van der Waals surface area contributed by atoms with Crippen molar-refractivity contribution in [2.24, 2.45) is 0 Å². The first-order chi connectivity index (χ1) is 12.7. The average molecular weight is 375 g/mol. The summed E-state index contributed by atoms with van der Waals surface area (Å²) in [5.41, 5.74) is 0. The number of nitrogens with zero attached hydrogens (tertiary/aromatic N) is 2. The molecule has 0 aliphatic carbocycles. The van der Waals surface area contributed by atoms with Crippen LogP contribution in [0.3, 0.4) is 0 Å². The van der Waals surface area contributed by atoms with E-state index in [2.05, 4.69) is 11.5 Å². The third-order valence-electron chi connectivity index (χ3n) is 4.33. The van der Waals surface area contributed by atoms with Crippen LogP contribution in [0.25, 0.3) is 0 Å². The molecule has 2 heterocycles. The van der Waals surface area contributed by atoms with Crippen LogP contribution in [0, 0.1) is 0 Å². The molecule has 1 saturated heterocycles. The summed E-state index contributed by atoms with van der Waals surface area (Å²) < 4.78 is 11.3. The number of carbonyl (C=O) groups excluding carboxylic acids is 1. The first-order valence-electron chi connectivity index (χ1n) is 8.75. The fourth-order valence-corrected chi connectivity index (χ4v) is 3.08. The smallest absolute Gasteiger partial charge is 0.289 e. The number of rotatable bonds is 6. The molecular formula is C20H23ClN2O3. The molecule has 0 N–H and O–H groups in total. The SMILES string of the molecule is C=CCN1CCCN(C(=O)c2ccc(COc3ccc(Cl)cc3)o2)CC1. The molecule has 6 heteroatoms. The number of amides is 1. The first-order valence-corrected chi connectivity index (χ1v) is 9.13. The summed E-state index contributed by atoms with van der Waals surface area (Å²) in [7, 11) is 0. The molecule has 0 spiro atoms. The van der Waals surface area contributed by atoms with Crippen molar-refractivity contribution in [3.05, 3.63) is 65.6 Å². The van der Waals surface area contributed by atoms with Crippen LogP contribution < -0.4 is 4.74 Å². The molecule has 138 valence electrons. The summed E-state index contributed by atoms with van der Waals surface area (Å²) in [4.78, 5) is 16.8. The Morgan fingerprint density at radius 3 is 2.73 bits per heavy atom. The van der Waals surface area contributed by atoms with Gasteiger partial charge in [-0.1, -0.05) is 17.7 Å². The van der Waals surface area contributed by atoms with Crippen molar-refractivity contribution in [3.8, 4) is 5.75 Å². The van der Waals surface area contributed by atoms with Crippen LogP contribution in [0.15, 0.2) is 53.5 Å². The number of furan rings is 1. The molecule has 1 aromatic carbocycles. The van der Waals surface area contributed by atoms with Gasteiger partial charge in [-0.3, -0.25) is 9.69 Å². The van der Waals surface area contributed by atoms with Crippen LogP contribution in [-0.2, 0) is 6.61 Å². The predicted molar refractivity (Wildman–Crippen MR) is 102 cm³/mol. The zero-order valence-corrected chi connectivity index (χ0v) is 15.5. The van der Waals surface area contributed by atoms with Crippen molar-refractivity contribution in [1.29, 1.82) is 0 Å². The van der Waals surface area contributed by atoms with E-state index >= 15 is 0 Å². The van der Waals surface area contributed by atoms with E-state index in [1.807, 2.05) is 11.0 Å². The van der Waals surface area contributed by atoms with Crippen LogP contribution in [0.2, 0.25) is 5.02 Å². The van der Waals surface area contributed by atoms with E-state index in [1.54, 1.807) is 36.4 Å². The zero-order valence-electron chi connectivity index (χ0n) is 14.7. The maximum absolute atomic E-state index is 12.7. The van der Waals surface area contributed by atoms with Gasteiger partial charge in [-0.25, -0.2) is 0 Å². The first kappa shape index (κ1) is 18.5. The van der Waals surface area contributed by atoms with Gasteiger partial charge < -0.3 is 14.1 Å². The average Bonchev–Trinajstić information content (AvgIpc) is 3.00. The highest BCUT2D eigenvalue weighted by atomic mass is 35.5. The minimum Gasteiger partial charge on any atom is -0.486 e. The van der Waals surface area contributed by atoms with Gasteiger partial charge in [0.1, 0.15) is 18.1 Å². The second-order valence-electron chi connectivity index (χ2n) is 6.24. The summed E-state index contributed by atoms with van der Waals surface area (Å²) >= 11 is 5.85. The predicted octanol–water partition coefficient (Wildman–Crippen LogP) is 3.85. The lowest BCUT2D eigenvalue weighted by Gasteiger charge is -2.20. The molecule has 0 radical (unpaired) electrons. The molecule has 0 bridgehead atoms. The lowest BCUT2D eigenvalue weighted by atomic mass is 10.3. The highest BCUT2D eigenvalue weighted by Gasteiger charge is 2.22. The molecule has 2 aromatic rings. The number of ether oxygens (including phenoxy) is 1. The summed E-state index contributed by atoms with van der Waals surface area (Å²) in [6.07, 6.45) is 2.85. The van der Waals surface area contributed by atoms with Gasteiger partial charge in [-0.05, 0) is 42.8 Å². The highest BCUT2D eigenvalue weighted by molar-refractivity contribution is 6.30. The van der Waals surface area contributed by atoms with Crippen molar-refractivity contribution < 1.29 is 13.9 Å². The Balaban J connectivity index is 1.55. The van der Waals surface area contributed by atoms with Gasteiger partial charge >= 0.3 is 0 Å². The van der Waals surface area contributed by atoms with Gasteiger partial charge in [0.25, 0.3) is 5.91 Å². The van der Waals surface area contributed by atoms with E-state index in [0.717, 1.165) is 32.6 Å². The van der Waals surface area contributed by atoms with Crippen LogP contribution in [0.5, 0.6) is 5.75 Å². The summed E-state index contributed by atoms with van der Waals surface area (Å²) in [5.74, 6) is 1.61. The third-order valence-corrected chi connectivity index (χ3v) is 4.58. The Labute approximate surface area is 158 Å². The second kappa shape index (κ2) is 8.92. The largest absolute Gasteiger partial charge is 0.486 e. The van der Waals surface area contributed by atoms with Crippen molar-refractivity contribution in [2.75, 3.05) is 32.7 Å². The number of halogens is 1. The highest BCUT2D eigenvalue weighted by Crippen LogP contribution is 2.18. The fourth-order valence-electron chi connectivity index (χ4n) is 2.95. The van der Waals surface area contributed by atoms with Gasteiger partial charge in [0.05, 0.1) is 0 Å². The number of hydrogen-bond acceptors (Lipinski definition) is 4. The molecule has 0 saturated carbocycles. The minimum atomic E-state index is -0.0665. The molecule has 0 atom stereocenters. The van der Waals surface area contributed by atoms with Crippen molar-refractivity contribution >= 4 is 17.5 Å². The fraction of sp³-hybridized carbons (Fsp3) is 0.350. The molecule has 1 fully saturated rings. The van der Waals surface area contributed by atoms with Crippen LogP contribution in [-0.4, -0.2) is 48.4 Å². The Morgan fingerprint density at radius 2 is 1.96 bits per heavy atom. The van der Waals surface area contributed by atoms with Gasteiger partial charge in [0, 0.05) is 37.7 Å². The Hall–Kier alpha value is -2.24. The number of hydrogen-bond donors (Lipinski definition) is 0. The normalized spacial score (nSPS) is 15.5. The molecule has 3 rings (SSSR count). The zero-order chi connectivity index (χ0) is 18.4. The summed E-state index contributed by atoms with van der Waals surface area (Å²) in [5, 5.41) is 0.660. The monoisotopic (exact) mass is 374 g/mol.